The molecule has 0 atom stereocenters. The van der Waals surface area contributed by atoms with E-state index in [0.717, 1.165) is 17.8 Å². The zero-order chi connectivity index (χ0) is 10.5. The highest BCUT2D eigenvalue weighted by atomic mass is 16.1. The van der Waals surface area contributed by atoms with Gasteiger partial charge in [-0.25, -0.2) is 0 Å². The number of likely N-dealkylation sites (N-methyl/N-ethyl adjacent to an activating group) is 1. The summed E-state index contributed by atoms with van der Waals surface area (Å²) in [6, 6.07) is 0. The molecule has 0 radical (unpaired) electrons. The molecular weight excluding hydrogens is 186 g/mol. The molecule has 4 aliphatic rings. The van der Waals surface area contributed by atoms with Crippen LogP contribution in [0.25, 0.3) is 0 Å². The Morgan fingerprint density at radius 2 is 1.60 bits per heavy atom. The number of Topliss-reactive ketones (excluding diaryl/α,β-unsaturated/α-hetero) is 1. The van der Waals surface area contributed by atoms with Crippen LogP contribution in [0.3, 0.4) is 0 Å². The van der Waals surface area contributed by atoms with Crippen molar-refractivity contribution in [3.05, 3.63) is 0 Å². The highest BCUT2D eigenvalue weighted by molar-refractivity contribution is 5.87. The molecule has 4 rings (SSSR count). The van der Waals surface area contributed by atoms with E-state index in [9.17, 15) is 4.79 Å². The molecule has 4 saturated carbocycles. The molecule has 0 saturated heterocycles. The SMILES string of the molecule is CNCC(=O)C12CC3CC(CC(C3)C1)C2. The van der Waals surface area contributed by atoms with Gasteiger partial charge >= 0.3 is 0 Å². The van der Waals surface area contributed by atoms with Crippen LogP contribution >= 0.6 is 0 Å². The summed E-state index contributed by atoms with van der Waals surface area (Å²) in [5.41, 5.74) is 0.109. The standard InChI is InChI=1S/C13H21NO/c1-14-8-12(15)13-5-9-2-10(6-13)4-11(3-9)7-13/h9-11,14H,2-8H2,1H3. The molecule has 4 bridgehead atoms. The van der Waals surface area contributed by atoms with Crippen LogP contribution in [0.4, 0.5) is 0 Å². The second-order valence-corrected chi connectivity index (χ2v) is 6.15. The molecule has 0 unspecified atom stereocenters. The monoisotopic (exact) mass is 207 g/mol. The van der Waals surface area contributed by atoms with Crippen molar-refractivity contribution in [3.63, 3.8) is 0 Å². The summed E-state index contributed by atoms with van der Waals surface area (Å²) < 4.78 is 0. The van der Waals surface area contributed by atoms with Crippen molar-refractivity contribution in [2.24, 2.45) is 23.2 Å². The van der Waals surface area contributed by atoms with Gasteiger partial charge in [0, 0.05) is 5.41 Å². The van der Waals surface area contributed by atoms with E-state index < -0.39 is 0 Å². The van der Waals surface area contributed by atoms with Crippen molar-refractivity contribution in [1.82, 2.24) is 5.32 Å². The predicted molar refractivity (Wildman–Crippen MR) is 59.5 cm³/mol. The molecule has 0 aromatic heterocycles. The number of nitrogens with one attached hydrogen (secondary N) is 1. The Labute approximate surface area is 91.8 Å². The van der Waals surface area contributed by atoms with E-state index in [4.69, 9.17) is 0 Å². The first-order valence-electron chi connectivity index (χ1n) is 6.40. The van der Waals surface area contributed by atoms with Gasteiger partial charge in [0.15, 0.2) is 5.78 Å². The maximum atomic E-state index is 12.2. The minimum absolute atomic E-state index is 0.109. The predicted octanol–water partition coefficient (Wildman–Crippen LogP) is 1.99. The van der Waals surface area contributed by atoms with Crippen LogP contribution in [0.5, 0.6) is 0 Å². The third-order valence-electron chi connectivity index (χ3n) is 4.97. The molecule has 0 heterocycles. The Morgan fingerprint density at radius 1 is 1.13 bits per heavy atom. The van der Waals surface area contributed by atoms with Gasteiger partial charge < -0.3 is 5.32 Å². The zero-order valence-corrected chi connectivity index (χ0v) is 9.59. The van der Waals surface area contributed by atoms with Gasteiger partial charge in [-0.2, -0.15) is 0 Å². The smallest absolute Gasteiger partial charge is 0.152 e. The van der Waals surface area contributed by atoms with Crippen molar-refractivity contribution in [1.29, 1.82) is 0 Å². The number of carbonyl (C=O) groups excluding carboxylic acids is 1. The van der Waals surface area contributed by atoms with Crippen LogP contribution in [0.15, 0.2) is 0 Å². The molecule has 2 heteroatoms. The van der Waals surface area contributed by atoms with Gasteiger partial charge in [0.2, 0.25) is 0 Å². The van der Waals surface area contributed by atoms with E-state index in [-0.39, 0.29) is 5.41 Å². The van der Waals surface area contributed by atoms with Gasteiger partial charge in [-0.3, -0.25) is 4.79 Å². The second kappa shape index (κ2) is 3.31. The Morgan fingerprint density at radius 3 is 2.00 bits per heavy atom. The second-order valence-electron chi connectivity index (χ2n) is 6.15. The van der Waals surface area contributed by atoms with Crippen LogP contribution in [0.1, 0.15) is 38.5 Å². The topological polar surface area (TPSA) is 29.1 Å². The van der Waals surface area contributed by atoms with Crippen molar-refractivity contribution in [2.75, 3.05) is 13.6 Å². The van der Waals surface area contributed by atoms with Gasteiger partial charge in [-0.1, -0.05) is 0 Å². The molecule has 15 heavy (non-hydrogen) atoms. The van der Waals surface area contributed by atoms with Crippen LogP contribution in [-0.4, -0.2) is 19.4 Å². The zero-order valence-electron chi connectivity index (χ0n) is 9.59. The summed E-state index contributed by atoms with van der Waals surface area (Å²) in [6.07, 6.45) is 7.89. The Balaban J connectivity index is 1.83. The summed E-state index contributed by atoms with van der Waals surface area (Å²) in [6.45, 7) is 0.589. The van der Waals surface area contributed by atoms with Crippen LogP contribution in [0.2, 0.25) is 0 Å². The molecule has 0 aromatic carbocycles. The summed E-state index contributed by atoms with van der Waals surface area (Å²) in [5.74, 6) is 3.16. The first-order chi connectivity index (χ1) is 7.22. The first-order valence-corrected chi connectivity index (χ1v) is 6.40. The molecule has 0 aromatic rings. The molecule has 2 nitrogen and oxygen atoms in total. The van der Waals surface area contributed by atoms with Crippen LogP contribution in [-0.2, 0) is 4.79 Å². The largest absolute Gasteiger partial charge is 0.313 e. The lowest BCUT2D eigenvalue weighted by atomic mass is 9.48. The van der Waals surface area contributed by atoms with Gasteiger partial charge in [0.25, 0.3) is 0 Å². The highest BCUT2D eigenvalue weighted by Crippen LogP contribution is 2.60. The maximum Gasteiger partial charge on any atom is 0.152 e. The first kappa shape index (κ1) is 9.83. The fraction of sp³-hybridized carbons (Fsp3) is 0.923. The van der Waals surface area contributed by atoms with E-state index in [1.54, 1.807) is 0 Å². The minimum atomic E-state index is 0.109. The van der Waals surface area contributed by atoms with Gasteiger partial charge in [-0.05, 0) is 63.3 Å². The summed E-state index contributed by atoms with van der Waals surface area (Å²) in [7, 11) is 1.89. The van der Waals surface area contributed by atoms with E-state index in [0.29, 0.717) is 12.3 Å². The van der Waals surface area contributed by atoms with E-state index in [2.05, 4.69) is 5.32 Å². The van der Waals surface area contributed by atoms with Gasteiger partial charge in [-0.15, -0.1) is 0 Å². The van der Waals surface area contributed by atoms with Crippen LogP contribution in [0, 0.1) is 23.2 Å². The molecule has 1 N–H and O–H groups in total. The average molecular weight is 207 g/mol. The van der Waals surface area contributed by atoms with Crippen molar-refractivity contribution >= 4 is 5.78 Å². The van der Waals surface area contributed by atoms with E-state index in [1.807, 2.05) is 7.05 Å². The fourth-order valence-electron chi connectivity index (χ4n) is 4.80. The Kier molecular flexibility index (Phi) is 2.17. The number of hydrogen-bond acceptors (Lipinski definition) is 2. The molecular formula is C13H21NO. The molecule has 0 amide bonds. The summed E-state index contributed by atoms with van der Waals surface area (Å²) in [4.78, 5) is 12.2. The van der Waals surface area contributed by atoms with E-state index in [1.165, 1.54) is 38.5 Å². The molecule has 0 aliphatic heterocycles. The lowest BCUT2D eigenvalue weighted by Gasteiger charge is -2.56. The average Bonchev–Trinajstić information content (AvgIpc) is 2.15. The molecule has 4 fully saturated rings. The minimum Gasteiger partial charge on any atom is -0.313 e. The maximum absolute atomic E-state index is 12.2. The third kappa shape index (κ3) is 1.45. The normalized spacial score (nSPS) is 47.1. The number of ketones is 1. The Hall–Kier alpha value is -0.370. The summed E-state index contributed by atoms with van der Waals surface area (Å²) >= 11 is 0. The molecule has 4 aliphatic carbocycles. The van der Waals surface area contributed by atoms with Crippen molar-refractivity contribution < 1.29 is 4.79 Å². The lowest BCUT2D eigenvalue weighted by Crippen LogP contribution is -2.51. The number of rotatable bonds is 3. The summed E-state index contributed by atoms with van der Waals surface area (Å²) in [5, 5.41) is 3.04. The number of hydrogen-bond donors (Lipinski definition) is 1. The Bertz CT molecular complexity index is 249. The highest BCUT2D eigenvalue weighted by Gasteiger charge is 2.53. The van der Waals surface area contributed by atoms with E-state index >= 15 is 0 Å². The quantitative estimate of drug-likeness (QED) is 0.767. The van der Waals surface area contributed by atoms with Crippen molar-refractivity contribution in [2.45, 2.75) is 38.5 Å². The third-order valence-corrected chi connectivity index (χ3v) is 4.97. The van der Waals surface area contributed by atoms with Gasteiger partial charge in [0.1, 0.15) is 0 Å². The molecule has 0 spiro atoms. The molecule has 84 valence electrons. The van der Waals surface area contributed by atoms with Gasteiger partial charge in [0.05, 0.1) is 6.54 Å². The van der Waals surface area contributed by atoms with Crippen LogP contribution < -0.4 is 5.32 Å². The number of carbonyl (C=O) groups is 1. The lowest BCUT2D eigenvalue weighted by molar-refractivity contribution is -0.142. The fourth-order valence-corrected chi connectivity index (χ4v) is 4.80. The van der Waals surface area contributed by atoms with Crippen molar-refractivity contribution in [3.8, 4) is 0 Å².